The molecule has 1 aromatic carbocycles. The first-order valence-electron chi connectivity index (χ1n) is 9.94. The summed E-state index contributed by atoms with van der Waals surface area (Å²) in [5.74, 6) is 0.619. The summed E-state index contributed by atoms with van der Waals surface area (Å²) in [5, 5.41) is 23.2. The molecule has 0 fully saturated rings. The highest BCUT2D eigenvalue weighted by molar-refractivity contribution is 6.36. The monoisotopic (exact) mass is 505 g/mol. The highest BCUT2D eigenvalue weighted by Gasteiger charge is 2.16. The van der Waals surface area contributed by atoms with E-state index in [2.05, 4.69) is 36.2 Å². The Morgan fingerprint density at radius 3 is 2.50 bits per heavy atom. The predicted molar refractivity (Wildman–Crippen MR) is 132 cm³/mol. The van der Waals surface area contributed by atoms with E-state index >= 15 is 0 Å². The number of likely N-dealkylation sites (N-methyl/N-ethyl adjacent to an activating group) is 1. The Morgan fingerprint density at radius 1 is 1.12 bits per heavy atom. The molecule has 0 saturated carbocycles. The fraction of sp³-hybridized carbons (Fsp3) is 0.200. The number of pyridine rings is 1. The number of nitrogens with zero attached hydrogens (tertiary/aromatic N) is 4. The van der Waals surface area contributed by atoms with Crippen molar-refractivity contribution in [3.63, 3.8) is 0 Å². The number of rotatable bonds is 10. The Kier molecular flexibility index (Phi) is 8.35. The summed E-state index contributed by atoms with van der Waals surface area (Å²) in [6, 6.07) is 7.69. The second-order valence-electron chi connectivity index (χ2n) is 6.87. The highest BCUT2D eigenvalue weighted by Crippen LogP contribution is 2.33. The summed E-state index contributed by atoms with van der Waals surface area (Å²) < 4.78 is 0. The lowest BCUT2D eigenvalue weighted by molar-refractivity contribution is -0.384. The van der Waals surface area contributed by atoms with Crippen molar-refractivity contribution >= 4 is 58.1 Å². The number of hydrogen-bond donors (Lipinski definition) is 5. The van der Waals surface area contributed by atoms with Crippen LogP contribution in [0.3, 0.4) is 0 Å². The number of nitrogens with one attached hydrogen (secondary N) is 4. The molecule has 2 heterocycles. The van der Waals surface area contributed by atoms with Gasteiger partial charge in [-0.25, -0.2) is 15.0 Å². The number of nitrogen functional groups attached to an aromatic ring is 1. The zero-order valence-corrected chi connectivity index (χ0v) is 19.4. The topological polar surface area (TPSA) is 173 Å². The van der Waals surface area contributed by atoms with E-state index in [1.54, 1.807) is 25.2 Å². The summed E-state index contributed by atoms with van der Waals surface area (Å²) >= 11 is 12.4. The lowest BCUT2D eigenvalue weighted by Gasteiger charge is -2.14. The summed E-state index contributed by atoms with van der Waals surface area (Å²) in [6.45, 7) is 0.915. The minimum Gasteiger partial charge on any atom is -0.378 e. The Morgan fingerprint density at radius 2 is 1.85 bits per heavy atom. The van der Waals surface area contributed by atoms with Crippen LogP contribution in [0.1, 0.15) is 0 Å². The molecule has 0 atom stereocenters. The standard InChI is InChI=1S/C20H21Cl2N9O3/c1-24-10-17(32)30-20-18(12-3-2-11(21)8-13(12)22)28-16(9-27-20)26-7-6-25-15-5-4-14(31(33)34)19(23)29-15/h2-5,8-9,24H,6-7,10H2,1H3,(H,26,28)(H3,23,25,29)(H,27,30,32). The number of benzene rings is 1. The molecule has 2 aromatic heterocycles. The van der Waals surface area contributed by atoms with E-state index in [9.17, 15) is 14.9 Å². The van der Waals surface area contributed by atoms with Gasteiger partial charge in [-0.2, -0.15) is 0 Å². The third kappa shape index (κ3) is 6.41. The van der Waals surface area contributed by atoms with Crippen LogP contribution >= 0.6 is 23.2 Å². The van der Waals surface area contributed by atoms with Crippen molar-refractivity contribution in [1.29, 1.82) is 0 Å². The van der Waals surface area contributed by atoms with Crippen molar-refractivity contribution in [2.75, 3.05) is 48.4 Å². The van der Waals surface area contributed by atoms with E-state index in [4.69, 9.17) is 28.9 Å². The van der Waals surface area contributed by atoms with Crippen molar-refractivity contribution in [3.05, 3.63) is 56.7 Å². The lowest BCUT2D eigenvalue weighted by Crippen LogP contribution is -2.26. The fourth-order valence-corrected chi connectivity index (χ4v) is 3.37. The SMILES string of the molecule is CNCC(=O)Nc1ncc(NCCNc2ccc([N+](=O)[O-])c(N)n2)nc1-c1ccc(Cl)cc1Cl. The first-order valence-corrected chi connectivity index (χ1v) is 10.7. The largest absolute Gasteiger partial charge is 0.378 e. The van der Waals surface area contributed by atoms with Gasteiger partial charge in [0, 0.05) is 29.7 Å². The van der Waals surface area contributed by atoms with E-state index in [-0.39, 0.29) is 29.8 Å². The molecule has 34 heavy (non-hydrogen) atoms. The average molecular weight is 506 g/mol. The van der Waals surface area contributed by atoms with Gasteiger partial charge in [0.15, 0.2) is 5.82 Å². The third-order valence-electron chi connectivity index (χ3n) is 4.39. The summed E-state index contributed by atoms with van der Waals surface area (Å²) in [4.78, 5) is 35.2. The van der Waals surface area contributed by atoms with Crippen LogP contribution in [0.2, 0.25) is 10.0 Å². The quantitative estimate of drug-likeness (QED) is 0.156. The van der Waals surface area contributed by atoms with E-state index < -0.39 is 4.92 Å². The number of hydrogen-bond acceptors (Lipinski definition) is 10. The Bertz CT molecular complexity index is 1210. The van der Waals surface area contributed by atoms with Gasteiger partial charge in [-0.3, -0.25) is 14.9 Å². The zero-order valence-electron chi connectivity index (χ0n) is 17.9. The van der Waals surface area contributed by atoms with Gasteiger partial charge in [-0.05, 0) is 31.3 Å². The maximum absolute atomic E-state index is 12.1. The van der Waals surface area contributed by atoms with Crippen LogP contribution in [0.25, 0.3) is 11.3 Å². The molecule has 0 aliphatic heterocycles. The van der Waals surface area contributed by atoms with Gasteiger partial charge in [0.05, 0.1) is 22.7 Å². The zero-order chi connectivity index (χ0) is 24.7. The third-order valence-corrected chi connectivity index (χ3v) is 4.94. The minimum atomic E-state index is -0.596. The van der Waals surface area contributed by atoms with Crippen LogP contribution in [0, 0.1) is 10.1 Å². The maximum Gasteiger partial charge on any atom is 0.311 e. The Labute approximate surface area is 204 Å². The molecular formula is C20H21Cl2N9O3. The number of carbonyl (C=O) groups excluding carboxylic acids is 1. The molecule has 14 heteroatoms. The summed E-state index contributed by atoms with van der Waals surface area (Å²) in [5.41, 5.74) is 6.26. The van der Waals surface area contributed by atoms with Crippen LogP contribution in [0.15, 0.2) is 36.5 Å². The number of carbonyl (C=O) groups is 1. The molecule has 0 radical (unpaired) electrons. The first kappa shape index (κ1) is 24.9. The van der Waals surface area contributed by atoms with E-state index in [0.717, 1.165) is 0 Å². The van der Waals surface area contributed by atoms with Crippen molar-refractivity contribution < 1.29 is 9.72 Å². The van der Waals surface area contributed by atoms with E-state index in [0.29, 0.717) is 46.0 Å². The van der Waals surface area contributed by atoms with E-state index in [1.807, 2.05) is 0 Å². The number of nitrogens with two attached hydrogens (primary N) is 1. The number of aromatic nitrogens is 3. The van der Waals surface area contributed by atoms with Gasteiger partial charge in [0.25, 0.3) is 0 Å². The molecule has 3 rings (SSSR count). The first-order chi connectivity index (χ1) is 16.3. The summed E-state index contributed by atoms with van der Waals surface area (Å²) in [6.07, 6.45) is 1.48. The molecule has 3 aromatic rings. The number of anilines is 4. The van der Waals surface area contributed by atoms with Crippen molar-refractivity contribution in [2.24, 2.45) is 0 Å². The average Bonchev–Trinajstić information content (AvgIpc) is 2.78. The molecule has 0 unspecified atom stereocenters. The molecule has 1 amide bonds. The van der Waals surface area contributed by atoms with Crippen LogP contribution in [0.5, 0.6) is 0 Å². The van der Waals surface area contributed by atoms with Crippen molar-refractivity contribution in [1.82, 2.24) is 20.3 Å². The molecule has 0 bridgehead atoms. The molecule has 0 saturated heterocycles. The molecule has 178 valence electrons. The van der Waals surface area contributed by atoms with Gasteiger partial charge in [0.1, 0.15) is 17.3 Å². The minimum absolute atomic E-state index is 0.0995. The molecule has 6 N–H and O–H groups in total. The number of amides is 1. The molecular weight excluding hydrogens is 485 g/mol. The van der Waals surface area contributed by atoms with Gasteiger partial charge < -0.3 is 27.0 Å². The van der Waals surface area contributed by atoms with Gasteiger partial charge >= 0.3 is 5.69 Å². The molecule has 0 aliphatic rings. The Hall–Kier alpha value is -3.74. The number of halogens is 2. The molecule has 12 nitrogen and oxygen atoms in total. The van der Waals surface area contributed by atoms with Crippen LogP contribution in [0.4, 0.5) is 29.0 Å². The van der Waals surface area contributed by atoms with Crippen LogP contribution in [-0.2, 0) is 4.79 Å². The van der Waals surface area contributed by atoms with Crippen molar-refractivity contribution in [3.8, 4) is 11.3 Å². The second kappa shape index (κ2) is 11.4. The van der Waals surface area contributed by atoms with Crippen LogP contribution < -0.4 is 27.0 Å². The summed E-state index contributed by atoms with van der Waals surface area (Å²) in [7, 11) is 1.66. The van der Waals surface area contributed by atoms with E-state index in [1.165, 1.54) is 18.3 Å². The van der Waals surface area contributed by atoms with Crippen molar-refractivity contribution in [2.45, 2.75) is 0 Å². The normalized spacial score (nSPS) is 10.6. The van der Waals surface area contributed by atoms with Gasteiger partial charge in [-0.1, -0.05) is 23.2 Å². The molecule has 0 spiro atoms. The lowest BCUT2D eigenvalue weighted by atomic mass is 10.1. The van der Waals surface area contributed by atoms with Gasteiger partial charge in [0.2, 0.25) is 11.7 Å². The fourth-order valence-electron chi connectivity index (χ4n) is 2.87. The van der Waals surface area contributed by atoms with Gasteiger partial charge in [-0.15, -0.1) is 0 Å². The molecule has 0 aliphatic carbocycles. The predicted octanol–water partition coefficient (Wildman–Crippen LogP) is 3.02. The Balaban J connectivity index is 1.72. The van der Waals surface area contributed by atoms with Crippen LogP contribution in [-0.4, -0.2) is 52.5 Å². The smallest absolute Gasteiger partial charge is 0.311 e. The maximum atomic E-state index is 12.1. The highest BCUT2D eigenvalue weighted by atomic mass is 35.5. The number of nitro groups is 1. The second-order valence-corrected chi connectivity index (χ2v) is 7.71.